The van der Waals surface area contributed by atoms with Crippen molar-refractivity contribution in [2.75, 3.05) is 5.32 Å². The van der Waals surface area contributed by atoms with Crippen molar-refractivity contribution in [3.63, 3.8) is 0 Å². The Morgan fingerprint density at radius 1 is 1.28 bits per heavy atom. The molecule has 152 valence electrons. The third-order valence-corrected chi connectivity index (χ3v) is 4.42. The summed E-state index contributed by atoms with van der Waals surface area (Å²) in [5.41, 5.74) is 2.34. The van der Waals surface area contributed by atoms with Gasteiger partial charge in [-0.05, 0) is 39.0 Å². The normalized spacial score (nSPS) is 11.1. The molecule has 3 aromatic heterocycles. The van der Waals surface area contributed by atoms with Gasteiger partial charge in [0.15, 0.2) is 5.69 Å². The first-order valence-corrected chi connectivity index (χ1v) is 9.41. The van der Waals surface area contributed by atoms with Crippen LogP contribution >= 0.6 is 0 Å². The average Bonchev–Trinajstić information content (AvgIpc) is 3.45. The summed E-state index contributed by atoms with van der Waals surface area (Å²) in [5.74, 6) is -0.123. The maximum absolute atomic E-state index is 12.5. The summed E-state index contributed by atoms with van der Waals surface area (Å²) in [7, 11) is 0. The zero-order valence-corrected chi connectivity index (χ0v) is 16.7. The topological polar surface area (TPSA) is 107 Å². The fourth-order valence-electron chi connectivity index (χ4n) is 2.79. The Labute approximate surface area is 168 Å². The second-order valence-corrected chi connectivity index (χ2v) is 6.33. The summed E-state index contributed by atoms with van der Waals surface area (Å²) in [6, 6.07) is 3.51. The van der Waals surface area contributed by atoms with Crippen molar-refractivity contribution >= 4 is 23.6 Å². The zero-order chi connectivity index (χ0) is 20.8. The summed E-state index contributed by atoms with van der Waals surface area (Å²) >= 11 is 0. The molecule has 0 spiro atoms. The van der Waals surface area contributed by atoms with Gasteiger partial charge in [0.2, 0.25) is 5.91 Å². The van der Waals surface area contributed by atoms with Gasteiger partial charge in [-0.15, -0.1) is 0 Å². The van der Waals surface area contributed by atoms with Crippen LogP contribution in [0.4, 0.5) is 5.69 Å². The highest BCUT2D eigenvalue weighted by Crippen LogP contribution is 2.15. The van der Waals surface area contributed by atoms with E-state index < -0.39 is 5.91 Å². The minimum absolute atomic E-state index is 0.148. The highest BCUT2D eigenvalue weighted by molar-refractivity contribution is 6.06. The molecule has 0 bridgehead atoms. The van der Waals surface area contributed by atoms with Crippen LogP contribution in [0.5, 0.6) is 0 Å². The number of aromatic nitrogens is 4. The molecule has 0 aliphatic rings. The Kier molecular flexibility index (Phi) is 6.28. The van der Waals surface area contributed by atoms with Gasteiger partial charge in [-0.1, -0.05) is 0 Å². The minimum Gasteiger partial charge on any atom is -0.467 e. The van der Waals surface area contributed by atoms with E-state index in [1.807, 2.05) is 25.5 Å². The highest BCUT2D eigenvalue weighted by Gasteiger charge is 2.18. The van der Waals surface area contributed by atoms with E-state index in [1.54, 1.807) is 35.3 Å². The number of aryl methyl sites for hydroxylation is 2. The maximum atomic E-state index is 12.5. The first-order valence-electron chi connectivity index (χ1n) is 9.41. The van der Waals surface area contributed by atoms with E-state index in [-0.39, 0.29) is 18.1 Å². The number of anilines is 1. The third-order valence-electron chi connectivity index (χ3n) is 4.42. The standard InChI is InChI=1S/C20H24N6O3/c1-4-25-13-17(19(24-25)20(28)21-12-16-7-6-10-29-16)23-18(27)9-8-15-11-22-26(5-2)14(15)3/h6-11,13H,4-5,12H2,1-3H3,(H,21,28)(H,23,27)/b9-8+. The Balaban J connectivity index is 1.69. The molecule has 0 atom stereocenters. The molecule has 3 rings (SSSR count). The molecule has 0 saturated carbocycles. The van der Waals surface area contributed by atoms with Gasteiger partial charge in [0.05, 0.1) is 24.7 Å². The number of furan rings is 1. The average molecular weight is 396 g/mol. The van der Waals surface area contributed by atoms with Crippen molar-refractivity contribution in [3.8, 4) is 0 Å². The van der Waals surface area contributed by atoms with Gasteiger partial charge >= 0.3 is 0 Å². The molecule has 0 saturated heterocycles. The van der Waals surface area contributed by atoms with Crippen molar-refractivity contribution in [1.82, 2.24) is 24.9 Å². The van der Waals surface area contributed by atoms with Crippen molar-refractivity contribution in [1.29, 1.82) is 0 Å². The molecular weight excluding hydrogens is 372 g/mol. The summed E-state index contributed by atoms with van der Waals surface area (Å²) in [4.78, 5) is 24.9. The molecule has 0 aliphatic carbocycles. The van der Waals surface area contributed by atoms with Crippen LogP contribution in [-0.4, -0.2) is 31.4 Å². The first-order chi connectivity index (χ1) is 14.0. The lowest BCUT2D eigenvalue weighted by Gasteiger charge is -2.04. The quantitative estimate of drug-likeness (QED) is 0.569. The lowest BCUT2D eigenvalue weighted by Crippen LogP contribution is -2.24. The van der Waals surface area contributed by atoms with Crippen LogP contribution < -0.4 is 10.6 Å². The second kappa shape index (κ2) is 9.05. The maximum Gasteiger partial charge on any atom is 0.274 e. The predicted molar refractivity (Wildman–Crippen MR) is 108 cm³/mol. The molecule has 9 heteroatoms. The van der Waals surface area contributed by atoms with E-state index in [9.17, 15) is 9.59 Å². The van der Waals surface area contributed by atoms with E-state index in [0.717, 1.165) is 17.8 Å². The first kappa shape index (κ1) is 20.1. The molecule has 3 heterocycles. The molecule has 0 aliphatic heterocycles. The van der Waals surface area contributed by atoms with Crippen molar-refractivity contribution in [2.45, 2.75) is 40.4 Å². The van der Waals surface area contributed by atoms with Gasteiger partial charge in [0, 0.05) is 36.6 Å². The van der Waals surface area contributed by atoms with Crippen LogP contribution in [0, 0.1) is 6.92 Å². The van der Waals surface area contributed by atoms with Crippen molar-refractivity contribution < 1.29 is 14.0 Å². The molecule has 9 nitrogen and oxygen atoms in total. The van der Waals surface area contributed by atoms with Gasteiger partial charge < -0.3 is 15.1 Å². The number of amides is 2. The van der Waals surface area contributed by atoms with Gasteiger partial charge in [-0.3, -0.25) is 19.0 Å². The molecule has 29 heavy (non-hydrogen) atoms. The van der Waals surface area contributed by atoms with Crippen LogP contribution in [-0.2, 0) is 24.4 Å². The molecule has 0 fully saturated rings. The Bertz CT molecular complexity index is 1010. The Morgan fingerprint density at radius 3 is 2.76 bits per heavy atom. The number of hydrogen-bond donors (Lipinski definition) is 2. The van der Waals surface area contributed by atoms with E-state index in [2.05, 4.69) is 20.8 Å². The fourth-order valence-corrected chi connectivity index (χ4v) is 2.79. The van der Waals surface area contributed by atoms with E-state index >= 15 is 0 Å². The molecule has 2 N–H and O–H groups in total. The van der Waals surface area contributed by atoms with Crippen LogP contribution in [0.1, 0.15) is 41.4 Å². The smallest absolute Gasteiger partial charge is 0.274 e. The lowest BCUT2D eigenvalue weighted by atomic mass is 10.2. The second-order valence-electron chi connectivity index (χ2n) is 6.33. The summed E-state index contributed by atoms with van der Waals surface area (Å²) in [6.07, 6.45) is 8.00. The zero-order valence-electron chi connectivity index (χ0n) is 16.7. The van der Waals surface area contributed by atoms with E-state index in [4.69, 9.17) is 4.42 Å². The van der Waals surface area contributed by atoms with Gasteiger partial charge in [-0.2, -0.15) is 10.2 Å². The van der Waals surface area contributed by atoms with Crippen LogP contribution in [0.2, 0.25) is 0 Å². The van der Waals surface area contributed by atoms with Gasteiger partial charge in [-0.25, -0.2) is 0 Å². The van der Waals surface area contributed by atoms with Crippen molar-refractivity contribution in [2.24, 2.45) is 0 Å². The van der Waals surface area contributed by atoms with Crippen LogP contribution in [0.15, 0.2) is 41.3 Å². The predicted octanol–water partition coefficient (Wildman–Crippen LogP) is 2.60. The molecule has 0 radical (unpaired) electrons. The number of rotatable bonds is 8. The Hall–Kier alpha value is -3.62. The number of hydrogen-bond acceptors (Lipinski definition) is 5. The molecule has 0 unspecified atom stereocenters. The minimum atomic E-state index is -0.395. The van der Waals surface area contributed by atoms with E-state index in [0.29, 0.717) is 18.0 Å². The SMILES string of the molecule is CCn1cc(NC(=O)/C=C/c2cnn(CC)c2C)c(C(=O)NCc2ccco2)n1. The molecule has 0 aromatic carbocycles. The highest BCUT2D eigenvalue weighted by atomic mass is 16.3. The number of carbonyl (C=O) groups excluding carboxylic acids is 2. The molecular formula is C20H24N6O3. The van der Waals surface area contributed by atoms with Gasteiger partial charge in [0.25, 0.3) is 5.91 Å². The molecule has 2 amide bonds. The van der Waals surface area contributed by atoms with Gasteiger partial charge in [0.1, 0.15) is 5.76 Å². The molecule has 3 aromatic rings. The summed E-state index contributed by atoms with van der Waals surface area (Å²) in [6.45, 7) is 7.42. The third kappa shape index (κ3) is 4.81. The number of nitrogens with zero attached hydrogens (tertiary/aromatic N) is 4. The largest absolute Gasteiger partial charge is 0.467 e. The Morgan fingerprint density at radius 2 is 2.10 bits per heavy atom. The summed E-state index contributed by atoms with van der Waals surface area (Å²) < 4.78 is 8.65. The number of carbonyl (C=O) groups is 2. The fraction of sp³-hybridized carbons (Fsp3) is 0.300. The van der Waals surface area contributed by atoms with Crippen LogP contribution in [0.25, 0.3) is 6.08 Å². The summed E-state index contributed by atoms with van der Waals surface area (Å²) in [5, 5.41) is 14.0. The monoisotopic (exact) mass is 396 g/mol. The number of nitrogens with one attached hydrogen (secondary N) is 2. The lowest BCUT2D eigenvalue weighted by molar-refractivity contribution is -0.111. The van der Waals surface area contributed by atoms with Crippen molar-refractivity contribution in [3.05, 3.63) is 59.6 Å². The van der Waals surface area contributed by atoms with E-state index in [1.165, 1.54) is 12.3 Å². The van der Waals surface area contributed by atoms with Crippen LogP contribution in [0.3, 0.4) is 0 Å².